The normalized spacial score (nSPS) is 19.9. The molecule has 162 valence electrons. The number of aliphatic imine (C=N–C) groups is 1. The molecule has 2 heterocycles. The number of hydrogen-bond acceptors (Lipinski definition) is 5. The Morgan fingerprint density at radius 2 is 1.61 bits per heavy atom. The lowest BCUT2D eigenvalue weighted by atomic mass is 10.1. The number of benzene rings is 2. The van der Waals surface area contributed by atoms with Gasteiger partial charge in [-0.1, -0.05) is 60.7 Å². The van der Waals surface area contributed by atoms with E-state index in [4.69, 9.17) is 15.2 Å². The Morgan fingerprint density at radius 3 is 2.23 bits per heavy atom. The second kappa shape index (κ2) is 11.4. The van der Waals surface area contributed by atoms with Gasteiger partial charge in [0.15, 0.2) is 0 Å². The highest BCUT2D eigenvalue weighted by molar-refractivity contribution is 7.99. The molecule has 2 atom stereocenters. The van der Waals surface area contributed by atoms with Gasteiger partial charge in [-0.15, -0.1) is 11.8 Å². The number of amidine groups is 1. The van der Waals surface area contributed by atoms with Gasteiger partial charge < -0.3 is 15.1 Å². The smallest absolute Gasteiger partial charge is 0.328 e. The fourth-order valence-corrected chi connectivity index (χ4v) is 4.88. The van der Waals surface area contributed by atoms with Gasteiger partial charge in [0.05, 0.1) is 11.3 Å². The summed E-state index contributed by atoms with van der Waals surface area (Å²) >= 11 is 2.05. The number of fused-ring (bicyclic) bond motifs is 1. The van der Waals surface area contributed by atoms with Crippen LogP contribution in [-0.2, 0) is 15.3 Å². The average molecular weight is 439 g/mol. The van der Waals surface area contributed by atoms with Gasteiger partial charge in [-0.25, -0.2) is 9.59 Å². The molecule has 2 aliphatic heterocycles. The molecule has 2 unspecified atom stereocenters. The Balaban J connectivity index is 0.000000293. The Kier molecular flexibility index (Phi) is 8.29. The molecule has 0 saturated carbocycles. The van der Waals surface area contributed by atoms with Crippen LogP contribution < -0.4 is 0 Å². The van der Waals surface area contributed by atoms with Crippen LogP contribution in [-0.4, -0.2) is 51.2 Å². The SMILES string of the molecule is O=C(O)C=CC(=O)O.c1ccc(CSC2CCCN3CC(c4ccccc4)N=C23)cc1. The first-order chi connectivity index (χ1) is 15.0. The van der Waals surface area contributed by atoms with Gasteiger partial charge in [-0.05, 0) is 24.0 Å². The quantitative estimate of drug-likeness (QED) is 0.656. The molecule has 1 fully saturated rings. The van der Waals surface area contributed by atoms with E-state index < -0.39 is 11.9 Å². The van der Waals surface area contributed by atoms with Crippen LogP contribution in [0.5, 0.6) is 0 Å². The van der Waals surface area contributed by atoms with Crippen molar-refractivity contribution in [2.24, 2.45) is 4.99 Å². The van der Waals surface area contributed by atoms with E-state index in [0.29, 0.717) is 23.4 Å². The van der Waals surface area contributed by atoms with Crippen molar-refractivity contribution in [2.75, 3.05) is 13.1 Å². The van der Waals surface area contributed by atoms with E-state index in [0.717, 1.165) is 12.3 Å². The van der Waals surface area contributed by atoms with Crippen LogP contribution in [0.25, 0.3) is 0 Å². The van der Waals surface area contributed by atoms with Crippen molar-refractivity contribution < 1.29 is 19.8 Å². The van der Waals surface area contributed by atoms with Crippen molar-refractivity contribution in [2.45, 2.75) is 29.9 Å². The number of piperidine rings is 1. The Labute approximate surface area is 186 Å². The molecule has 2 aliphatic rings. The van der Waals surface area contributed by atoms with Crippen LogP contribution in [0, 0.1) is 0 Å². The summed E-state index contributed by atoms with van der Waals surface area (Å²) in [7, 11) is 0. The molecule has 0 aromatic heterocycles. The fraction of sp³-hybridized carbons (Fsp3) is 0.292. The van der Waals surface area contributed by atoms with Crippen molar-refractivity contribution in [3.05, 3.63) is 83.9 Å². The zero-order valence-corrected chi connectivity index (χ0v) is 17.9. The molecule has 2 aromatic carbocycles. The third kappa shape index (κ3) is 7.00. The summed E-state index contributed by atoms with van der Waals surface area (Å²) in [5.74, 6) is -0.0974. The largest absolute Gasteiger partial charge is 0.478 e. The van der Waals surface area contributed by atoms with Crippen molar-refractivity contribution >= 4 is 29.5 Å². The molecule has 0 amide bonds. The summed E-state index contributed by atoms with van der Waals surface area (Å²) in [5.41, 5.74) is 2.76. The molecule has 2 N–H and O–H groups in total. The molecule has 2 aromatic rings. The summed E-state index contributed by atoms with van der Waals surface area (Å²) < 4.78 is 0. The molecule has 0 aliphatic carbocycles. The molecule has 7 heteroatoms. The van der Waals surface area contributed by atoms with Gasteiger partial charge in [-0.2, -0.15) is 0 Å². The number of rotatable bonds is 6. The van der Waals surface area contributed by atoms with Gasteiger partial charge in [0.25, 0.3) is 0 Å². The van der Waals surface area contributed by atoms with Crippen LogP contribution in [0.2, 0.25) is 0 Å². The maximum absolute atomic E-state index is 9.55. The molecule has 0 radical (unpaired) electrons. The Morgan fingerprint density at radius 1 is 1.00 bits per heavy atom. The maximum Gasteiger partial charge on any atom is 0.328 e. The highest BCUT2D eigenvalue weighted by Gasteiger charge is 2.34. The lowest BCUT2D eigenvalue weighted by molar-refractivity contribution is -0.134. The summed E-state index contributed by atoms with van der Waals surface area (Å²) in [4.78, 5) is 26.7. The number of carboxylic acid groups (broad SMARTS) is 2. The second-order valence-corrected chi connectivity index (χ2v) is 8.49. The summed E-state index contributed by atoms with van der Waals surface area (Å²) in [6, 6.07) is 21.8. The number of aliphatic carboxylic acids is 2. The predicted octanol–water partition coefficient (Wildman–Crippen LogP) is 4.25. The van der Waals surface area contributed by atoms with E-state index in [-0.39, 0.29) is 0 Å². The van der Waals surface area contributed by atoms with E-state index in [1.165, 1.54) is 36.3 Å². The predicted molar refractivity (Wildman–Crippen MR) is 123 cm³/mol. The third-order valence-electron chi connectivity index (χ3n) is 5.03. The van der Waals surface area contributed by atoms with Crippen molar-refractivity contribution in [1.82, 2.24) is 4.90 Å². The zero-order valence-electron chi connectivity index (χ0n) is 17.1. The third-order valence-corrected chi connectivity index (χ3v) is 6.38. The van der Waals surface area contributed by atoms with Crippen molar-refractivity contribution in [1.29, 1.82) is 0 Å². The first kappa shape index (κ1) is 22.6. The van der Waals surface area contributed by atoms with E-state index in [2.05, 4.69) is 77.3 Å². The van der Waals surface area contributed by atoms with Crippen molar-refractivity contribution in [3.63, 3.8) is 0 Å². The Hall–Kier alpha value is -3.06. The number of hydrogen-bond donors (Lipinski definition) is 2. The highest BCUT2D eigenvalue weighted by Crippen LogP contribution is 2.34. The molecule has 0 bridgehead atoms. The van der Waals surface area contributed by atoms with E-state index in [1.807, 2.05) is 0 Å². The summed E-state index contributed by atoms with van der Waals surface area (Å²) in [5, 5.41) is 16.2. The van der Waals surface area contributed by atoms with Gasteiger partial charge in [0, 0.05) is 31.0 Å². The molecular formula is C24H26N2O4S. The zero-order chi connectivity index (χ0) is 22.1. The number of nitrogens with zero attached hydrogens (tertiary/aromatic N) is 2. The molecule has 0 spiro atoms. The first-order valence-corrected chi connectivity index (χ1v) is 11.2. The van der Waals surface area contributed by atoms with Crippen LogP contribution in [0.4, 0.5) is 0 Å². The minimum atomic E-state index is -1.26. The number of carbonyl (C=O) groups is 2. The molecular weight excluding hydrogens is 412 g/mol. The summed E-state index contributed by atoms with van der Waals surface area (Å²) in [6.07, 6.45) is 3.66. The average Bonchev–Trinajstić information content (AvgIpc) is 3.23. The van der Waals surface area contributed by atoms with Crippen molar-refractivity contribution in [3.8, 4) is 0 Å². The molecule has 6 nitrogen and oxygen atoms in total. The monoisotopic (exact) mass is 438 g/mol. The van der Waals surface area contributed by atoms with Crippen LogP contribution in [0.1, 0.15) is 30.0 Å². The number of carboxylic acids is 2. The minimum Gasteiger partial charge on any atom is -0.478 e. The molecule has 1 saturated heterocycles. The Bertz CT molecular complexity index is 915. The van der Waals surface area contributed by atoms with Gasteiger partial charge in [-0.3, -0.25) is 4.99 Å². The molecule has 4 rings (SSSR count). The number of thioether (sulfide) groups is 1. The fourth-order valence-electron chi connectivity index (χ4n) is 3.60. The van der Waals surface area contributed by atoms with Gasteiger partial charge >= 0.3 is 11.9 Å². The van der Waals surface area contributed by atoms with E-state index >= 15 is 0 Å². The van der Waals surface area contributed by atoms with Crippen LogP contribution in [0.15, 0.2) is 77.8 Å². The van der Waals surface area contributed by atoms with E-state index in [9.17, 15) is 9.59 Å². The summed E-state index contributed by atoms with van der Waals surface area (Å²) in [6.45, 7) is 2.23. The topological polar surface area (TPSA) is 90.2 Å². The lowest BCUT2D eigenvalue weighted by Crippen LogP contribution is -2.40. The molecule has 31 heavy (non-hydrogen) atoms. The maximum atomic E-state index is 9.55. The lowest BCUT2D eigenvalue weighted by Gasteiger charge is -2.31. The van der Waals surface area contributed by atoms with E-state index in [1.54, 1.807) is 0 Å². The first-order valence-electron chi connectivity index (χ1n) is 10.2. The van der Waals surface area contributed by atoms with Crippen LogP contribution in [0.3, 0.4) is 0 Å². The van der Waals surface area contributed by atoms with Crippen LogP contribution >= 0.6 is 11.8 Å². The minimum absolute atomic E-state index is 0.323. The standard InChI is InChI=1S/C20H22N2S.C4H4O4/c1-3-8-16(9-4-1)15-23-19-12-7-13-22-14-18(21-20(19)22)17-10-5-2-6-11-17;5-3(6)1-2-4(7)8/h1-6,8-11,18-19H,7,12-15H2;1-2H,(H,5,6)(H,7,8). The second-order valence-electron chi connectivity index (χ2n) is 7.30. The van der Waals surface area contributed by atoms with Gasteiger partial charge in [0.2, 0.25) is 0 Å². The van der Waals surface area contributed by atoms with Gasteiger partial charge in [0.1, 0.15) is 5.84 Å². The highest BCUT2D eigenvalue weighted by atomic mass is 32.2.